The van der Waals surface area contributed by atoms with Crippen LogP contribution in [0.3, 0.4) is 0 Å². The van der Waals surface area contributed by atoms with Crippen LogP contribution in [-0.2, 0) is 6.54 Å². The zero-order valence-electron chi connectivity index (χ0n) is 17.0. The number of thiazole rings is 1. The number of nitrogens with zero attached hydrogens (tertiary/aromatic N) is 3. The van der Waals surface area contributed by atoms with Crippen molar-refractivity contribution in [1.29, 1.82) is 0 Å². The molecule has 1 amide bonds. The molecular weight excluding hydrogens is 426 g/mol. The SMILES string of the molecule is COc1ccc2sc(N(Cc3cccnc3)C(=O)c3cc4ccccc4oc3=O)nc2c1. The minimum absolute atomic E-state index is 0.0515. The zero-order valence-corrected chi connectivity index (χ0v) is 17.8. The molecule has 158 valence electrons. The number of para-hydroxylation sites is 1. The van der Waals surface area contributed by atoms with E-state index in [0.29, 0.717) is 27.4 Å². The number of anilines is 1. The molecule has 3 heterocycles. The Hall–Kier alpha value is -4.04. The van der Waals surface area contributed by atoms with Gasteiger partial charge in [0.25, 0.3) is 5.91 Å². The van der Waals surface area contributed by atoms with Gasteiger partial charge in [0.05, 0.1) is 23.9 Å². The summed E-state index contributed by atoms with van der Waals surface area (Å²) >= 11 is 1.36. The van der Waals surface area contributed by atoms with Gasteiger partial charge < -0.3 is 9.15 Å². The lowest BCUT2D eigenvalue weighted by molar-refractivity contribution is 0.0981. The van der Waals surface area contributed by atoms with Gasteiger partial charge in [0, 0.05) is 23.8 Å². The monoisotopic (exact) mass is 443 g/mol. The summed E-state index contributed by atoms with van der Waals surface area (Å²) in [5, 5.41) is 1.14. The molecule has 0 N–H and O–H groups in total. The molecule has 0 unspecified atom stereocenters. The molecule has 5 rings (SSSR count). The zero-order chi connectivity index (χ0) is 22.1. The van der Waals surface area contributed by atoms with Gasteiger partial charge in [-0.15, -0.1) is 0 Å². The first-order chi connectivity index (χ1) is 15.6. The highest BCUT2D eigenvalue weighted by Crippen LogP contribution is 2.32. The molecule has 0 fully saturated rings. The Balaban J connectivity index is 1.62. The number of benzene rings is 2. The van der Waals surface area contributed by atoms with Crippen molar-refractivity contribution in [2.24, 2.45) is 0 Å². The minimum Gasteiger partial charge on any atom is -0.497 e. The second-order valence-corrected chi connectivity index (χ2v) is 8.08. The van der Waals surface area contributed by atoms with E-state index in [9.17, 15) is 9.59 Å². The van der Waals surface area contributed by atoms with E-state index >= 15 is 0 Å². The third-order valence-electron chi connectivity index (χ3n) is 4.99. The fourth-order valence-electron chi connectivity index (χ4n) is 3.39. The predicted molar refractivity (Wildman–Crippen MR) is 123 cm³/mol. The number of pyridine rings is 1. The van der Waals surface area contributed by atoms with Gasteiger partial charge in [-0.3, -0.25) is 14.7 Å². The summed E-state index contributed by atoms with van der Waals surface area (Å²) in [7, 11) is 1.59. The Kier molecular flexibility index (Phi) is 5.12. The number of carbonyl (C=O) groups is 1. The lowest BCUT2D eigenvalue weighted by Gasteiger charge is -2.19. The summed E-state index contributed by atoms with van der Waals surface area (Å²) in [4.78, 5) is 36.5. The van der Waals surface area contributed by atoms with Crippen LogP contribution in [0, 0.1) is 0 Å². The van der Waals surface area contributed by atoms with Gasteiger partial charge in [-0.05, 0) is 35.9 Å². The molecule has 0 bridgehead atoms. The summed E-state index contributed by atoms with van der Waals surface area (Å²) in [6.07, 6.45) is 3.34. The van der Waals surface area contributed by atoms with E-state index < -0.39 is 11.5 Å². The maximum atomic E-state index is 13.6. The van der Waals surface area contributed by atoms with Crippen molar-refractivity contribution in [2.45, 2.75) is 6.54 Å². The van der Waals surface area contributed by atoms with Crippen LogP contribution in [0.2, 0.25) is 0 Å². The molecule has 3 aromatic heterocycles. The van der Waals surface area contributed by atoms with Crippen LogP contribution in [0.25, 0.3) is 21.2 Å². The van der Waals surface area contributed by atoms with Crippen molar-refractivity contribution >= 4 is 43.6 Å². The van der Waals surface area contributed by atoms with Crippen LogP contribution in [0.4, 0.5) is 5.13 Å². The number of aromatic nitrogens is 2. The van der Waals surface area contributed by atoms with Crippen molar-refractivity contribution in [1.82, 2.24) is 9.97 Å². The normalized spacial score (nSPS) is 11.0. The molecular formula is C24H17N3O4S. The van der Waals surface area contributed by atoms with Gasteiger partial charge in [0.1, 0.15) is 16.9 Å². The summed E-state index contributed by atoms with van der Waals surface area (Å²) in [6, 6.07) is 17.9. The molecule has 5 aromatic rings. The molecule has 32 heavy (non-hydrogen) atoms. The van der Waals surface area contributed by atoms with E-state index in [-0.39, 0.29) is 12.1 Å². The molecule has 0 aliphatic heterocycles. The Morgan fingerprint density at radius 3 is 2.81 bits per heavy atom. The molecule has 7 nitrogen and oxygen atoms in total. The van der Waals surface area contributed by atoms with E-state index in [0.717, 1.165) is 10.3 Å². The van der Waals surface area contributed by atoms with Crippen molar-refractivity contribution < 1.29 is 13.9 Å². The standard InChI is InChI=1S/C24H17N3O4S/c1-30-17-8-9-21-19(12-17)26-24(32-21)27(14-15-5-4-10-25-13-15)22(28)18-11-16-6-2-3-7-20(16)31-23(18)29/h2-13H,14H2,1H3. The Morgan fingerprint density at radius 1 is 1.12 bits per heavy atom. The second kappa shape index (κ2) is 8.24. The lowest BCUT2D eigenvalue weighted by atomic mass is 10.1. The van der Waals surface area contributed by atoms with Crippen LogP contribution in [-0.4, -0.2) is 23.0 Å². The molecule has 0 aliphatic rings. The van der Waals surface area contributed by atoms with E-state index in [1.807, 2.05) is 30.3 Å². The van der Waals surface area contributed by atoms with Crippen LogP contribution in [0.5, 0.6) is 5.75 Å². The highest BCUT2D eigenvalue weighted by molar-refractivity contribution is 7.22. The average Bonchev–Trinajstić information content (AvgIpc) is 3.25. The molecule has 0 radical (unpaired) electrons. The Morgan fingerprint density at radius 2 is 2.00 bits per heavy atom. The first kappa shape index (κ1) is 19.9. The van der Waals surface area contributed by atoms with Crippen LogP contribution >= 0.6 is 11.3 Å². The first-order valence-corrected chi connectivity index (χ1v) is 10.6. The number of rotatable bonds is 5. The van der Waals surface area contributed by atoms with Gasteiger partial charge in [-0.2, -0.15) is 0 Å². The minimum atomic E-state index is -0.687. The number of carbonyl (C=O) groups excluding carboxylic acids is 1. The molecule has 0 saturated heterocycles. The Labute approximate surface area is 186 Å². The molecule has 0 spiro atoms. The maximum absolute atomic E-state index is 13.6. The van der Waals surface area contributed by atoms with E-state index in [1.165, 1.54) is 16.2 Å². The quantitative estimate of drug-likeness (QED) is 0.368. The highest BCUT2D eigenvalue weighted by atomic mass is 32.1. The number of fused-ring (bicyclic) bond motifs is 2. The summed E-state index contributed by atoms with van der Waals surface area (Å²) in [5.74, 6) is 0.189. The van der Waals surface area contributed by atoms with Crippen molar-refractivity contribution in [3.8, 4) is 5.75 Å². The van der Waals surface area contributed by atoms with Crippen molar-refractivity contribution in [3.63, 3.8) is 0 Å². The molecule has 2 aromatic carbocycles. The third-order valence-corrected chi connectivity index (χ3v) is 6.05. The number of hydrogen-bond acceptors (Lipinski definition) is 7. The van der Waals surface area contributed by atoms with Crippen LogP contribution < -0.4 is 15.3 Å². The average molecular weight is 443 g/mol. The number of amides is 1. The van der Waals surface area contributed by atoms with Gasteiger partial charge in [0.15, 0.2) is 5.13 Å². The highest BCUT2D eigenvalue weighted by Gasteiger charge is 2.25. The Bertz CT molecular complexity index is 1490. The van der Waals surface area contributed by atoms with Crippen molar-refractivity contribution in [3.05, 3.63) is 94.6 Å². The predicted octanol–water partition coefficient (Wildman–Crippen LogP) is 4.65. The first-order valence-electron chi connectivity index (χ1n) is 9.80. The van der Waals surface area contributed by atoms with E-state index in [1.54, 1.807) is 49.8 Å². The molecule has 0 saturated carbocycles. The van der Waals surface area contributed by atoms with E-state index in [4.69, 9.17) is 9.15 Å². The van der Waals surface area contributed by atoms with Gasteiger partial charge in [-0.25, -0.2) is 9.78 Å². The number of methoxy groups -OCH3 is 1. The van der Waals surface area contributed by atoms with Crippen LogP contribution in [0.1, 0.15) is 15.9 Å². The summed E-state index contributed by atoms with van der Waals surface area (Å²) < 4.78 is 11.6. The lowest BCUT2D eigenvalue weighted by Crippen LogP contribution is -2.33. The topological polar surface area (TPSA) is 85.5 Å². The second-order valence-electron chi connectivity index (χ2n) is 7.07. The van der Waals surface area contributed by atoms with E-state index in [2.05, 4.69) is 9.97 Å². The van der Waals surface area contributed by atoms with Gasteiger partial charge in [0.2, 0.25) is 0 Å². The molecule has 0 aliphatic carbocycles. The molecule has 8 heteroatoms. The van der Waals surface area contributed by atoms with Gasteiger partial charge in [-0.1, -0.05) is 35.6 Å². The third kappa shape index (κ3) is 3.72. The van der Waals surface area contributed by atoms with Crippen molar-refractivity contribution in [2.75, 3.05) is 12.0 Å². The fraction of sp³-hybridized carbons (Fsp3) is 0.0833. The number of ether oxygens (including phenoxy) is 1. The number of hydrogen-bond donors (Lipinski definition) is 0. The smallest absolute Gasteiger partial charge is 0.349 e. The molecule has 0 atom stereocenters. The maximum Gasteiger partial charge on any atom is 0.349 e. The fourth-order valence-corrected chi connectivity index (χ4v) is 4.34. The van der Waals surface area contributed by atoms with Gasteiger partial charge >= 0.3 is 5.63 Å². The largest absolute Gasteiger partial charge is 0.497 e. The summed E-state index contributed by atoms with van der Waals surface area (Å²) in [5.41, 5.74) is 1.21. The van der Waals surface area contributed by atoms with Crippen LogP contribution in [0.15, 0.2) is 82.3 Å². The summed E-state index contributed by atoms with van der Waals surface area (Å²) in [6.45, 7) is 0.204.